The third-order valence-corrected chi connectivity index (χ3v) is 2.98. The minimum Gasteiger partial charge on any atom is -0.497 e. The zero-order valence-electron chi connectivity index (χ0n) is 13.4. The van der Waals surface area contributed by atoms with Gasteiger partial charge in [-0.3, -0.25) is 4.79 Å². The molecule has 0 aromatic heterocycles. The van der Waals surface area contributed by atoms with Crippen molar-refractivity contribution >= 4 is 5.97 Å². The molecule has 0 spiro atoms. The van der Waals surface area contributed by atoms with Crippen LogP contribution in [0.3, 0.4) is 0 Å². The molecule has 0 aliphatic rings. The first-order valence-electron chi connectivity index (χ1n) is 6.94. The van der Waals surface area contributed by atoms with E-state index in [4.69, 9.17) is 19.9 Å². The molecule has 0 saturated carbocycles. The van der Waals surface area contributed by atoms with Crippen molar-refractivity contribution in [3.05, 3.63) is 23.8 Å². The quantitative estimate of drug-likeness (QED) is 0.814. The van der Waals surface area contributed by atoms with Gasteiger partial charge in [0.05, 0.1) is 20.1 Å². The largest absolute Gasteiger partial charge is 0.497 e. The van der Waals surface area contributed by atoms with E-state index in [1.165, 1.54) is 0 Å². The first-order chi connectivity index (χ1) is 9.80. The summed E-state index contributed by atoms with van der Waals surface area (Å²) in [5.41, 5.74) is 6.08. The van der Waals surface area contributed by atoms with Crippen LogP contribution < -0.4 is 15.2 Å². The number of benzene rings is 1. The van der Waals surface area contributed by atoms with Crippen LogP contribution >= 0.6 is 0 Å². The van der Waals surface area contributed by atoms with Gasteiger partial charge in [-0.1, -0.05) is 0 Å². The second-order valence-electron chi connectivity index (χ2n) is 5.85. The molecule has 0 saturated heterocycles. The number of carbonyl (C=O) groups excluding carboxylic acids is 1. The molecule has 0 bridgehead atoms. The highest BCUT2D eigenvalue weighted by Gasteiger charge is 2.25. The van der Waals surface area contributed by atoms with E-state index in [9.17, 15) is 4.79 Å². The summed E-state index contributed by atoms with van der Waals surface area (Å²) in [7, 11) is 3.19. The molecule has 1 aromatic carbocycles. The van der Waals surface area contributed by atoms with E-state index in [2.05, 4.69) is 0 Å². The van der Waals surface area contributed by atoms with Gasteiger partial charge >= 0.3 is 5.97 Å². The summed E-state index contributed by atoms with van der Waals surface area (Å²) in [6, 6.07) is 5.48. The standard InChI is InChI=1S/C16H25NO4/c1-16(2,3)21-15(18)12(10-17)8-11-9-13(19-4)6-7-14(11)20-5/h6-7,9,12H,8,10,17H2,1-5H3. The average Bonchev–Trinajstić information content (AvgIpc) is 2.42. The van der Waals surface area contributed by atoms with Crippen molar-refractivity contribution in [1.29, 1.82) is 0 Å². The Balaban J connectivity index is 2.92. The van der Waals surface area contributed by atoms with Crippen molar-refractivity contribution in [2.45, 2.75) is 32.8 Å². The molecule has 0 radical (unpaired) electrons. The second kappa shape index (κ2) is 7.31. The fourth-order valence-electron chi connectivity index (χ4n) is 1.95. The van der Waals surface area contributed by atoms with Crippen LogP contribution in [0.25, 0.3) is 0 Å². The highest BCUT2D eigenvalue weighted by atomic mass is 16.6. The molecular formula is C16H25NO4. The van der Waals surface area contributed by atoms with Crippen LogP contribution in [0.4, 0.5) is 0 Å². The predicted molar refractivity (Wildman–Crippen MR) is 81.6 cm³/mol. The van der Waals surface area contributed by atoms with E-state index in [0.29, 0.717) is 17.9 Å². The highest BCUT2D eigenvalue weighted by molar-refractivity contribution is 5.73. The zero-order valence-corrected chi connectivity index (χ0v) is 13.4. The normalized spacial score (nSPS) is 12.7. The first-order valence-corrected chi connectivity index (χ1v) is 6.94. The molecule has 0 aliphatic carbocycles. The van der Waals surface area contributed by atoms with Crippen molar-refractivity contribution < 1.29 is 19.0 Å². The monoisotopic (exact) mass is 295 g/mol. The molecule has 2 N–H and O–H groups in total. The van der Waals surface area contributed by atoms with Gasteiger partial charge in [0.25, 0.3) is 0 Å². The molecule has 21 heavy (non-hydrogen) atoms. The number of hydrogen-bond acceptors (Lipinski definition) is 5. The fraction of sp³-hybridized carbons (Fsp3) is 0.562. The highest BCUT2D eigenvalue weighted by Crippen LogP contribution is 2.27. The van der Waals surface area contributed by atoms with Crippen LogP contribution in [-0.4, -0.2) is 32.3 Å². The Kier molecular flexibility index (Phi) is 6.03. The maximum atomic E-state index is 12.2. The molecule has 118 valence electrons. The molecule has 1 rings (SSSR count). The van der Waals surface area contributed by atoms with Gasteiger partial charge in [0, 0.05) is 6.54 Å². The molecule has 5 heteroatoms. The minimum absolute atomic E-state index is 0.218. The van der Waals surface area contributed by atoms with E-state index in [-0.39, 0.29) is 12.5 Å². The van der Waals surface area contributed by atoms with Gasteiger partial charge in [-0.15, -0.1) is 0 Å². The maximum Gasteiger partial charge on any atom is 0.311 e. The van der Waals surface area contributed by atoms with Crippen molar-refractivity contribution in [2.24, 2.45) is 11.7 Å². The molecule has 1 aromatic rings. The summed E-state index contributed by atoms with van der Waals surface area (Å²) in [5.74, 6) is 0.712. The van der Waals surface area contributed by atoms with E-state index < -0.39 is 11.5 Å². The van der Waals surface area contributed by atoms with Gasteiger partial charge in [-0.2, -0.15) is 0 Å². The smallest absolute Gasteiger partial charge is 0.311 e. The summed E-state index contributed by atoms with van der Waals surface area (Å²) in [6.45, 7) is 5.73. The number of nitrogens with two attached hydrogens (primary N) is 1. The summed E-state index contributed by atoms with van der Waals surface area (Å²) >= 11 is 0. The van der Waals surface area contributed by atoms with Gasteiger partial charge in [0.15, 0.2) is 0 Å². The number of ether oxygens (including phenoxy) is 3. The first kappa shape index (κ1) is 17.3. The third-order valence-electron chi connectivity index (χ3n) is 2.98. The van der Waals surface area contributed by atoms with E-state index in [1.807, 2.05) is 39.0 Å². The molecule has 0 fully saturated rings. The zero-order chi connectivity index (χ0) is 16.0. The molecule has 1 atom stereocenters. The van der Waals surface area contributed by atoms with Crippen molar-refractivity contribution in [1.82, 2.24) is 0 Å². The lowest BCUT2D eigenvalue weighted by Crippen LogP contribution is -2.33. The average molecular weight is 295 g/mol. The van der Waals surface area contributed by atoms with Gasteiger partial charge in [-0.25, -0.2) is 0 Å². The summed E-state index contributed by atoms with van der Waals surface area (Å²) in [5, 5.41) is 0. The SMILES string of the molecule is COc1ccc(OC)c(CC(CN)C(=O)OC(C)(C)C)c1. The molecule has 0 aliphatic heterocycles. The Labute approximate surface area is 126 Å². The van der Waals surface area contributed by atoms with Crippen LogP contribution in [0.15, 0.2) is 18.2 Å². The van der Waals surface area contributed by atoms with Crippen LogP contribution in [0, 0.1) is 5.92 Å². The molecule has 5 nitrogen and oxygen atoms in total. The van der Waals surface area contributed by atoms with Gasteiger partial charge < -0.3 is 19.9 Å². The Hall–Kier alpha value is -1.75. The van der Waals surface area contributed by atoms with Crippen LogP contribution in [0.5, 0.6) is 11.5 Å². The molecule has 1 unspecified atom stereocenters. The lowest BCUT2D eigenvalue weighted by atomic mass is 9.98. The van der Waals surface area contributed by atoms with Gasteiger partial charge in [0.1, 0.15) is 17.1 Å². The Morgan fingerprint density at radius 1 is 1.24 bits per heavy atom. The number of esters is 1. The number of methoxy groups -OCH3 is 2. The molecule has 0 amide bonds. The predicted octanol–water partition coefficient (Wildman–Crippen LogP) is 2.16. The minimum atomic E-state index is -0.525. The van der Waals surface area contributed by atoms with Gasteiger partial charge in [-0.05, 0) is 51.0 Å². The third kappa shape index (κ3) is 5.27. The topological polar surface area (TPSA) is 70.8 Å². The second-order valence-corrected chi connectivity index (χ2v) is 5.85. The van der Waals surface area contributed by atoms with Crippen molar-refractivity contribution in [2.75, 3.05) is 20.8 Å². The van der Waals surface area contributed by atoms with Crippen LogP contribution in [-0.2, 0) is 16.0 Å². The van der Waals surface area contributed by atoms with E-state index in [0.717, 1.165) is 5.56 Å². The lowest BCUT2D eigenvalue weighted by Gasteiger charge is -2.23. The Morgan fingerprint density at radius 3 is 2.38 bits per heavy atom. The van der Waals surface area contributed by atoms with Gasteiger partial charge in [0.2, 0.25) is 0 Å². The van der Waals surface area contributed by atoms with E-state index in [1.54, 1.807) is 14.2 Å². The number of carbonyl (C=O) groups is 1. The molecule has 0 heterocycles. The van der Waals surface area contributed by atoms with Crippen molar-refractivity contribution in [3.8, 4) is 11.5 Å². The van der Waals surface area contributed by atoms with Crippen LogP contribution in [0.1, 0.15) is 26.3 Å². The Bertz CT molecular complexity index is 480. The fourth-order valence-corrected chi connectivity index (χ4v) is 1.95. The summed E-state index contributed by atoms with van der Waals surface area (Å²) < 4.78 is 15.9. The summed E-state index contributed by atoms with van der Waals surface area (Å²) in [4.78, 5) is 12.2. The Morgan fingerprint density at radius 2 is 1.90 bits per heavy atom. The molecular weight excluding hydrogens is 270 g/mol. The maximum absolute atomic E-state index is 12.2. The number of hydrogen-bond donors (Lipinski definition) is 1. The van der Waals surface area contributed by atoms with Crippen molar-refractivity contribution in [3.63, 3.8) is 0 Å². The van der Waals surface area contributed by atoms with E-state index >= 15 is 0 Å². The number of rotatable bonds is 6. The lowest BCUT2D eigenvalue weighted by molar-refractivity contribution is -0.159. The van der Waals surface area contributed by atoms with Crippen LogP contribution in [0.2, 0.25) is 0 Å². The summed E-state index contributed by atoms with van der Waals surface area (Å²) in [6.07, 6.45) is 0.450.